The van der Waals surface area contributed by atoms with Gasteiger partial charge in [-0.2, -0.15) is 5.26 Å². The number of fused-ring (bicyclic) bond motifs is 1. The third-order valence-electron chi connectivity index (χ3n) is 5.53. The highest BCUT2D eigenvalue weighted by molar-refractivity contribution is 6.31. The Bertz CT molecular complexity index is 1250. The molecule has 8 heteroatoms. The molecule has 0 spiro atoms. The number of carbonyl (C=O) groups is 2. The van der Waals surface area contributed by atoms with E-state index in [4.69, 9.17) is 11.6 Å². The van der Waals surface area contributed by atoms with Crippen LogP contribution in [-0.4, -0.2) is 45.4 Å². The van der Waals surface area contributed by atoms with E-state index < -0.39 is 0 Å². The molecule has 31 heavy (non-hydrogen) atoms. The first-order valence-electron chi connectivity index (χ1n) is 9.76. The molecule has 2 aromatic heterocycles. The predicted octanol–water partition coefficient (Wildman–Crippen LogP) is 3.05. The zero-order chi connectivity index (χ0) is 22.1. The van der Waals surface area contributed by atoms with Gasteiger partial charge in [0.1, 0.15) is 6.54 Å². The van der Waals surface area contributed by atoms with Gasteiger partial charge in [0.15, 0.2) is 0 Å². The van der Waals surface area contributed by atoms with Crippen molar-refractivity contribution in [3.05, 3.63) is 65.6 Å². The van der Waals surface area contributed by atoms with Crippen molar-refractivity contribution in [3.8, 4) is 17.2 Å². The van der Waals surface area contributed by atoms with Crippen LogP contribution in [-0.2, 0) is 16.1 Å². The lowest BCUT2D eigenvalue weighted by molar-refractivity contribution is -0.133. The van der Waals surface area contributed by atoms with Crippen LogP contribution in [0.5, 0.6) is 0 Å². The van der Waals surface area contributed by atoms with E-state index in [9.17, 15) is 14.9 Å². The van der Waals surface area contributed by atoms with Crippen LogP contribution in [0.15, 0.2) is 49.3 Å². The molecular formula is C23H20ClN5O2. The van der Waals surface area contributed by atoms with Crippen molar-refractivity contribution in [2.75, 3.05) is 13.1 Å². The summed E-state index contributed by atoms with van der Waals surface area (Å²) in [6.07, 6.45) is 4.51. The molecule has 0 radical (unpaired) electrons. The standard InChI is InChI=1S/C23H20ClN5O2/c1-3-22(31)28-11-17(12-28)27-21(30)13-29-14(2)23(18-8-16(24)4-5-20(18)29)19-10-26-7-6-15(19)9-25/h3-8,10,17H,1,11-13H2,2H3,(H,27,30). The maximum absolute atomic E-state index is 12.7. The lowest BCUT2D eigenvalue weighted by Crippen LogP contribution is -2.61. The Labute approximate surface area is 184 Å². The Morgan fingerprint density at radius 2 is 2.16 bits per heavy atom. The number of aromatic nitrogens is 2. The van der Waals surface area contributed by atoms with E-state index in [1.54, 1.807) is 29.4 Å². The summed E-state index contributed by atoms with van der Waals surface area (Å²) in [5.41, 5.74) is 3.72. The van der Waals surface area contributed by atoms with E-state index in [0.717, 1.165) is 22.2 Å². The topological polar surface area (TPSA) is 91.0 Å². The fraction of sp³-hybridized carbons (Fsp3) is 0.217. The molecule has 0 unspecified atom stereocenters. The first-order chi connectivity index (χ1) is 14.9. The number of hydrogen-bond acceptors (Lipinski definition) is 4. The molecule has 1 aliphatic heterocycles. The van der Waals surface area contributed by atoms with E-state index >= 15 is 0 Å². The van der Waals surface area contributed by atoms with Crippen molar-refractivity contribution in [1.82, 2.24) is 19.8 Å². The van der Waals surface area contributed by atoms with Gasteiger partial charge in [0.2, 0.25) is 11.8 Å². The van der Waals surface area contributed by atoms with Gasteiger partial charge in [-0.05, 0) is 37.3 Å². The highest BCUT2D eigenvalue weighted by Gasteiger charge is 2.30. The molecule has 1 N–H and O–H groups in total. The number of likely N-dealkylation sites (tertiary alicyclic amines) is 1. The number of hydrogen-bond donors (Lipinski definition) is 1. The molecule has 7 nitrogen and oxygen atoms in total. The first kappa shape index (κ1) is 20.6. The zero-order valence-corrected chi connectivity index (χ0v) is 17.7. The maximum atomic E-state index is 12.7. The lowest BCUT2D eigenvalue weighted by Gasteiger charge is -2.38. The number of halogens is 1. The molecule has 2 amide bonds. The summed E-state index contributed by atoms with van der Waals surface area (Å²) in [4.78, 5) is 30.1. The summed E-state index contributed by atoms with van der Waals surface area (Å²) in [6, 6.07) is 9.30. The minimum absolute atomic E-state index is 0.0732. The predicted molar refractivity (Wildman–Crippen MR) is 118 cm³/mol. The van der Waals surface area contributed by atoms with E-state index in [1.165, 1.54) is 6.08 Å². The number of rotatable bonds is 5. The van der Waals surface area contributed by atoms with Gasteiger partial charge in [0.25, 0.3) is 0 Å². The highest BCUT2D eigenvalue weighted by atomic mass is 35.5. The molecule has 0 aliphatic carbocycles. The van der Waals surface area contributed by atoms with Crippen LogP contribution in [0.2, 0.25) is 5.02 Å². The van der Waals surface area contributed by atoms with E-state index in [2.05, 4.69) is 22.9 Å². The van der Waals surface area contributed by atoms with Crippen LogP contribution in [0.4, 0.5) is 0 Å². The Balaban J connectivity index is 1.66. The average Bonchev–Trinajstić information content (AvgIpc) is 3.00. The molecule has 1 aliphatic rings. The van der Waals surface area contributed by atoms with E-state index in [-0.39, 0.29) is 24.4 Å². The van der Waals surface area contributed by atoms with Gasteiger partial charge in [-0.1, -0.05) is 18.2 Å². The molecule has 1 aromatic carbocycles. The summed E-state index contributed by atoms with van der Waals surface area (Å²) in [7, 11) is 0. The highest BCUT2D eigenvalue weighted by Crippen LogP contribution is 2.37. The third-order valence-corrected chi connectivity index (χ3v) is 5.77. The largest absolute Gasteiger partial charge is 0.348 e. The minimum Gasteiger partial charge on any atom is -0.348 e. The van der Waals surface area contributed by atoms with Crippen LogP contribution in [0.25, 0.3) is 22.0 Å². The molecule has 3 heterocycles. The Morgan fingerprint density at radius 3 is 2.87 bits per heavy atom. The summed E-state index contributed by atoms with van der Waals surface area (Å²) >= 11 is 6.26. The number of nitrogens with zero attached hydrogens (tertiary/aromatic N) is 4. The second-order valence-corrected chi connectivity index (χ2v) is 7.89. The molecular weight excluding hydrogens is 414 g/mol. The summed E-state index contributed by atoms with van der Waals surface area (Å²) in [5.74, 6) is -0.284. The van der Waals surface area contributed by atoms with Crippen LogP contribution in [0.3, 0.4) is 0 Å². The zero-order valence-electron chi connectivity index (χ0n) is 16.9. The van der Waals surface area contributed by atoms with Gasteiger partial charge in [-0.15, -0.1) is 0 Å². The summed E-state index contributed by atoms with van der Waals surface area (Å²) < 4.78 is 1.91. The summed E-state index contributed by atoms with van der Waals surface area (Å²) in [5, 5.41) is 13.9. The smallest absolute Gasteiger partial charge is 0.246 e. The first-order valence-corrected chi connectivity index (χ1v) is 10.1. The molecule has 0 saturated carbocycles. The number of amides is 2. The number of pyridine rings is 1. The maximum Gasteiger partial charge on any atom is 0.246 e. The van der Waals surface area contributed by atoms with E-state index in [1.807, 2.05) is 23.6 Å². The second kappa shape index (κ2) is 8.25. The SMILES string of the molecule is C=CC(=O)N1CC(NC(=O)Cn2c(C)c(-c3cnccc3C#N)c3cc(Cl)ccc32)C1. The van der Waals surface area contributed by atoms with Crippen LogP contribution < -0.4 is 5.32 Å². The number of nitrogens with one attached hydrogen (secondary N) is 1. The van der Waals surface area contributed by atoms with Gasteiger partial charge in [-0.3, -0.25) is 14.6 Å². The lowest BCUT2D eigenvalue weighted by atomic mass is 10.00. The normalized spacial score (nSPS) is 13.5. The van der Waals surface area contributed by atoms with Crippen LogP contribution >= 0.6 is 11.6 Å². The van der Waals surface area contributed by atoms with Crippen molar-refractivity contribution < 1.29 is 9.59 Å². The minimum atomic E-state index is -0.149. The van der Waals surface area contributed by atoms with Crippen molar-refractivity contribution in [1.29, 1.82) is 5.26 Å². The number of carbonyl (C=O) groups excluding carboxylic acids is 2. The molecule has 0 bridgehead atoms. The number of nitriles is 1. The molecule has 0 atom stereocenters. The Morgan fingerprint density at radius 1 is 1.39 bits per heavy atom. The van der Waals surface area contributed by atoms with Gasteiger partial charge in [-0.25, -0.2) is 0 Å². The Hall–Kier alpha value is -3.63. The van der Waals surface area contributed by atoms with Crippen molar-refractivity contribution in [2.45, 2.75) is 19.5 Å². The molecule has 4 rings (SSSR count). The summed E-state index contributed by atoms with van der Waals surface area (Å²) in [6.45, 7) is 6.45. The van der Waals surface area contributed by atoms with Crippen LogP contribution in [0.1, 0.15) is 11.3 Å². The monoisotopic (exact) mass is 433 g/mol. The average molecular weight is 434 g/mol. The second-order valence-electron chi connectivity index (χ2n) is 7.45. The van der Waals surface area contributed by atoms with Gasteiger partial charge in [0, 0.05) is 58.2 Å². The fourth-order valence-corrected chi connectivity index (χ4v) is 4.16. The van der Waals surface area contributed by atoms with Gasteiger partial charge < -0.3 is 14.8 Å². The van der Waals surface area contributed by atoms with Crippen molar-refractivity contribution >= 4 is 34.3 Å². The molecule has 3 aromatic rings. The molecule has 1 saturated heterocycles. The quantitative estimate of drug-likeness (QED) is 0.626. The van der Waals surface area contributed by atoms with E-state index in [0.29, 0.717) is 29.2 Å². The fourth-order valence-electron chi connectivity index (χ4n) is 3.99. The Kier molecular flexibility index (Phi) is 5.49. The van der Waals surface area contributed by atoms with Crippen LogP contribution in [0, 0.1) is 18.3 Å². The molecule has 156 valence electrons. The van der Waals surface area contributed by atoms with Crippen molar-refractivity contribution in [2.24, 2.45) is 0 Å². The molecule has 1 fully saturated rings. The van der Waals surface area contributed by atoms with Gasteiger partial charge in [0.05, 0.1) is 17.7 Å². The van der Waals surface area contributed by atoms with Gasteiger partial charge >= 0.3 is 0 Å². The van der Waals surface area contributed by atoms with Crippen molar-refractivity contribution in [3.63, 3.8) is 0 Å². The third kappa shape index (κ3) is 3.78. The number of benzene rings is 1.